The molecule has 1 aromatic carbocycles. The van der Waals surface area contributed by atoms with Gasteiger partial charge in [0.05, 0.1) is 5.69 Å². The maximum Gasteiger partial charge on any atom is 0.167 e. The minimum Gasteiger partial charge on any atom is -0.452 e. The van der Waals surface area contributed by atoms with Crippen molar-refractivity contribution in [3.8, 4) is 11.5 Å². The minimum atomic E-state index is -0.423. The van der Waals surface area contributed by atoms with Crippen LogP contribution in [0.5, 0.6) is 11.5 Å². The molecular formula is C14H15FN2O. The zero-order valence-electron chi connectivity index (χ0n) is 10.4. The summed E-state index contributed by atoms with van der Waals surface area (Å²) in [5.41, 5.74) is 7.16. The van der Waals surface area contributed by atoms with Gasteiger partial charge in [-0.1, -0.05) is 12.1 Å². The third-order valence-corrected chi connectivity index (χ3v) is 2.66. The number of rotatable bonds is 3. The average molecular weight is 246 g/mol. The fraction of sp³-hybridized carbons (Fsp3) is 0.214. The van der Waals surface area contributed by atoms with Gasteiger partial charge in [0.25, 0.3) is 0 Å². The summed E-state index contributed by atoms with van der Waals surface area (Å²) in [5.74, 6) is 0.279. The maximum absolute atomic E-state index is 13.8. The lowest BCUT2D eigenvalue weighted by atomic mass is 10.1. The van der Waals surface area contributed by atoms with Crippen molar-refractivity contribution in [2.75, 3.05) is 0 Å². The Balaban J connectivity index is 2.43. The number of hydrogen-bond acceptors (Lipinski definition) is 3. The molecule has 1 aromatic heterocycles. The van der Waals surface area contributed by atoms with E-state index in [-0.39, 0.29) is 11.8 Å². The van der Waals surface area contributed by atoms with Gasteiger partial charge in [0.15, 0.2) is 11.6 Å². The molecule has 2 aromatic rings. The zero-order valence-corrected chi connectivity index (χ0v) is 10.4. The first kappa shape index (κ1) is 12.5. The van der Waals surface area contributed by atoms with Gasteiger partial charge in [0.2, 0.25) is 0 Å². The van der Waals surface area contributed by atoms with Gasteiger partial charge >= 0.3 is 0 Å². The topological polar surface area (TPSA) is 48.1 Å². The normalized spacial score (nSPS) is 12.2. The lowest BCUT2D eigenvalue weighted by Crippen LogP contribution is -2.08. The van der Waals surface area contributed by atoms with Crippen molar-refractivity contribution in [3.63, 3.8) is 0 Å². The van der Waals surface area contributed by atoms with Crippen LogP contribution in [-0.4, -0.2) is 4.98 Å². The first-order valence-electron chi connectivity index (χ1n) is 5.73. The Morgan fingerprint density at radius 3 is 2.72 bits per heavy atom. The minimum absolute atomic E-state index is 0.170. The van der Waals surface area contributed by atoms with E-state index in [9.17, 15) is 4.39 Å². The molecule has 0 bridgehead atoms. The lowest BCUT2D eigenvalue weighted by Gasteiger charge is -2.15. The van der Waals surface area contributed by atoms with Crippen LogP contribution in [0, 0.1) is 12.7 Å². The number of halogens is 1. The fourth-order valence-electron chi connectivity index (χ4n) is 1.68. The van der Waals surface area contributed by atoms with Crippen LogP contribution < -0.4 is 10.5 Å². The number of ether oxygens (including phenoxy) is 1. The van der Waals surface area contributed by atoms with Gasteiger partial charge in [-0.25, -0.2) is 4.39 Å². The number of aromatic nitrogens is 1. The highest BCUT2D eigenvalue weighted by Gasteiger charge is 2.14. The first-order valence-corrected chi connectivity index (χ1v) is 5.73. The van der Waals surface area contributed by atoms with Crippen LogP contribution in [0.4, 0.5) is 4.39 Å². The molecule has 0 saturated heterocycles. The molecule has 1 unspecified atom stereocenters. The van der Waals surface area contributed by atoms with Crippen molar-refractivity contribution in [1.29, 1.82) is 0 Å². The Hall–Kier alpha value is -1.94. The van der Waals surface area contributed by atoms with Gasteiger partial charge in [0.1, 0.15) is 5.75 Å². The SMILES string of the molecule is Cc1ncccc1Oc1c(F)cccc1C(C)N. The van der Waals surface area contributed by atoms with E-state index in [0.717, 1.165) is 0 Å². The third kappa shape index (κ3) is 2.49. The summed E-state index contributed by atoms with van der Waals surface area (Å²) in [6.07, 6.45) is 1.66. The van der Waals surface area contributed by atoms with E-state index in [1.165, 1.54) is 6.07 Å². The van der Waals surface area contributed by atoms with E-state index in [1.807, 2.05) is 6.92 Å². The monoisotopic (exact) mass is 246 g/mol. The van der Waals surface area contributed by atoms with Crippen molar-refractivity contribution in [2.24, 2.45) is 5.73 Å². The summed E-state index contributed by atoms with van der Waals surface area (Å²) >= 11 is 0. The second-order valence-corrected chi connectivity index (χ2v) is 4.14. The highest BCUT2D eigenvalue weighted by Crippen LogP contribution is 2.32. The molecule has 2 rings (SSSR count). The van der Waals surface area contributed by atoms with Crippen LogP contribution in [0.2, 0.25) is 0 Å². The van der Waals surface area contributed by atoms with E-state index in [0.29, 0.717) is 17.0 Å². The molecular weight excluding hydrogens is 231 g/mol. The van der Waals surface area contributed by atoms with Crippen molar-refractivity contribution in [2.45, 2.75) is 19.9 Å². The predicted octanol–water partition coefficient (Wildman–Crippen LogP) is 3.34. The van der Waals surface area contributed by atoms with Crippen molar-refractivity contribution in [3.05, 3.63) is 53.6 Å². The molecule has 0 fully saturated rings. The van der Waals surface area contributed by atoms with E-state index in [1.54, 1.807) is 37.4 Å². The van der Waals surface area contributed by atoms with E-state index in [2.05, 4.69) is 4.98 Å². The number of nitrogens with zero attached hydrogens (tertiary/aromatic N) is 1. The molecule has 94 valence electrons. The number of pyridine rings is 1. The molecule has 0 aliphatic rings. The fourth-order valence-corrected chi connectivity index (χ4v) is 1.68. The summed E-state index contributed by atoms with van der Waals surface area (Å²) in [6.45, 7) is 3.60. The van der Waals surface area contributed by atoms with Crippen LogP contribution in [0.1, 0.15) is 24.2 Å². The Labute approximate surface area is 105 Å². The zero-order chi connectivity index (χ0) is 13.1. The summed E-state index contributed by atoms with van der Waals surface area (Å²) in [4.78, 5) is 4.10. The Morgan fingerprint density at radius 2 is 2.06 bits per heavy atom. The summed E-state index contributed by atoms with van der Waals surface area (Å²) in [5, 5.41) is 0. The molecule has 0 radical (unpaired) electrons. The van der Waals surface area contributed by atoms with Crippen LogP contribution in [-0.2, 0) is 0 Å². The van der Waals surface area contributed by atoms with Crippen molar-refractivity contribution >= 4 is 0 Å². The van der Waals surface area contributed by atoms with Gasteiger partial charge in [-0.05, 0) is 32.0 Å². The lowest BCUT2D eigenvalue weighted by molar-refractivity contribution is 0.428. The number of benzene rings is 1. The van der Waals surface area contributed by atoms with Gasteiger partial charge in [0, 0.05) is 17.8 Å². The van der Waals surface area contributed by atoms with Gasteiger partial charge in [-0.3, -0.25) is 4.98 Å². The molecule has 4 heteroatoms. The molecule has 0 amide bonds. The van der Waals surface area contributed by atoms with Gasteiger partial charge < -0.3 is 10.5 Å². The van der Waals surface area contributed by atoms with Crippen molar-refractivity contribution in [1.82, 2.24) is 4.98 Å². The molecule has 3 nitrogen and oxygen atoms in total. The summed E-state index contributed by atoms with van der Waals surface area (Å²) in [6, 6.07) is 7.93. The van der Waals surface area contributed by atoms with Gasteiger partial charge in [-0.15, -0.1) is 0 Å². The summed E-state index contributed by atoms with van der Waals surface area (Å²) in [7, 11) is 0. The Kier molecular flexibility index (Phi) is 3.58. The largest absolute Gasteiger partial charge is 0.452 e. The second kappa shape index (κ2) is 5.14. The standard InChI is InChI=1S/C14H15FN2O/c1-9(16)11-5-3-6-12(15)14(11)18-13-7-4-8-17-10(13)2/h3-9H,16H2,1-2H3. The van der Waals surface area contributed by atoms with E-state index >= 15 is 0 Å². The van der Waals surface area contributed by atoms with Crippen LogP contribution in [0.3, 0.4) is 0 Å². The van der Waals surface area contributed by atoms with Crippen LogP contribution in [0.15, 0.2) is 36.5 Å². The Morgan fingerprint density at radius 1 is 1.28 bits per heavy atom. The quantitative estimate of drug-likeness (QED) is 0.903. The summed E-state index contributed by atoms with van der Waals surface area (Å²) < 4.78 is 19.4. The van der Waals surface area contributed by atoms with Crippen molar-refractivity contribution < 1.29 is 9.13 Å². The molecule has 18 heavy (non-hydrogen) atoms. The highest BCUT2D eigenvalue weighted by molar-refractivity contribution is 5.41. The molecule has 1 atom stereocenters. The van der Waals surface area contributed by atoms with Crippen LogP contribution >= 0.6 is 0 Å². The van der Waals surface area contributed by atoms with E-state index in [4.69, 9.17) is 10.5 Å². The molecule has 0 aliphatic heterocycles. The number of nitrogens with two attached hydrogens (primary N) is 1. The third-order valence-electron chi connectivity index (χ3n) is 2.66. The number of aryl methyl sites for hydroxylation is 1. The van der Waals surface area contributed by atoms with Gasteiger partial charge in [-0.2, -0.15) is 0 Å². The maximum atomic E-state index is 13.8. The molecule has 0 saturated carbocycles. The smallest absolute Gasteiger partial charge is 0.167 e. The highest BCUT2D eigenvalue weighted by atomic mass is 19.1. The number of para-hydroxylation sites is 1. The molecule has 0 aliphatic carbocycles. The van der Waals surface area contributed by atoms with Crippen LogP contribution in [0.25, 0.3) is 0 Å². The molecule has 0 spiro atoms. The Bertz CT molecular complexity index is 555. The average Bonchev–Trinajstić information content (AvgIpc) is 2.34. The predicted molar refractivity (Wildman–Crippen MR) is 68.1 cm³/mol. The first-order chi connectivity index (χ1) is 8.59. The number of hydrogen-bond donors (Lipinski definition) is 1. The second-order valence-electron chi connectivity index (χ2n) is 4.14. The van der Waals surface area contributed by atoms with E-state index < -0.39 is 5.82 Å². The molecule has 2 N–H and O–H groups in total. The molecule has 1 heterocycles.